The molecule has 0 bridgehead atoms. The molecule has 31 heavy (non-hydrogen) atoms. The van der Waals surface area contributed by atoms with E-state index in [2.05, 4.69) is 22.3 Å². The summed E-state index contributed by atoms with van der Waals surface area (Å²) in [4.78, 5) is 29.2. The summed E-state index contributed by atoms with van der Waals surface area (Å²) in [6.45, 7) is 2.14. The number of methoxy groups -OCH3 is 2. The summed E-state index contributed by atoms with van der Waals surface area (Å²) in [5.41, 5.74) is 3.09. The van der Waals surface area contributed by atoms with Gasteiger partial charge in [0.25, 0.3) is 11.8 Å². The highest BCUT2D eigenvalue weighted by Crippen LogP contribution is 2.35. The first-order valence-corrected chi connectivity index (χ1v) is 10.4. The lowest BCUT2D eigenvalue weighted by Gasteiger charge is -2.28. The first kappa shape index (κ1) is 20.8. The Morgan fingerprint density at radius 3 is 2.16 bits per heavy atom. The highest BCUT2D eigenvalue weighted by Gasteiger charge is 2.37. The van der Waals surface area contributed by atoms with Gasteiger partial charge in [0.2, 0.25) is 0 Å². The van der Waals surface area contributed by atoms with Crippen LogP contribution >= 0.6 is 0 Å². The number of imide groups is 1. The van der Waals surface area contributed by atoms with Crippen molar-refractivity contribution in [2.75, 3.05) is 44.6 Å². The van der Waals surface area contributed by atoms with Gasteiger partial charge in [-0.3, -0.25) is 14.5 Å². The quantitative estimate of drug-likeness (QED) is 0.720. The number of piperidine rings is 1. The molecule has 0 unspecified atom stereocenters. The Morgan fingerprint density at radius 1 is 0.839 bits per heavy atom. The Balaban J connectivity index is 1.66. The van der Waals surface area contributed by atoms with Crippen molar-refractivity contribution in [3.63, 3.8) is 0 Å². The lowest BCUT2D eigenvalue weighted by molar-refractivity contribution is -0.135. The summed E-state index contributed by atoms with van der Waals surface area (Å²) >= 11 is 0. The van der Waals surface area contributed by atoms with Crippen LogP contribution in [0.1, 0.15) is 24.8 Å². The number of rotatable bonds is 6. The number of likely N-dealkylation sites (N-methyl/N-ethyl adjacent to an activating group) is 1. The summed E-state index contributed by atoms with van der Waals surface area (Å²) in [6, 6.07) is 13.2. The van der Waals surface area contributed by atoms with E-state index in [-0.39, 0.29) is 17.5 Å². The van der Waals surface area contributed by atoms with E-state index in [4.69, 9.17) is 9.47 Å². The Hall–Kier alpha value is -3.48. The van der Waals surface area contributed by atoms with Gasteiger partial charge in [-0.2, -0.15) is 0 Å². The molecule has 1 saturated heterocycles. The van der Waals surface area contributed by atoms with E-state index in [0.29, 0.717) is 22.6 Å². The predicted molar refractivity (Wildman–Crippen MR) is 120 cm³/mol. The summed E-state index contributed by atoms with van der Waals surface area (Å²) in [5.74, 6) is 0.326. The maximum absolute atomic E-state index is 12.9. The number of ether oxygens (including phenoxy) is 2. The molecule has 0 aromatic heterocycles. The van der Waals surface area contributed by atoms with Gasteiger partial charge < -0.3 is 19.7 Å². The van der Waals surface area contributed by atoms with Crippen LogP contribution in [0.15, 0.2) is 48.2 Å². The van der Waals surface area contributed by atoms with Gasteiger partial charge in [0.05, 0.1) is 19.8 Å². The molecule has 7 heteroatoms. The third kappa shape index (κ3) is 3.95. The van der Waals surface area contributed by atoms with Crippen LogP contribution in [0.25, 0.3) is 5.57 Å². The smallest absolute Gasteiger partial charge is 0.277 e. The Labute approximate surface area is 182 Å². The fraction of sp³-hybridized carbons (Fsp3) is 0.333. The molecule has 0 atom stereocenters. The van der Waals surface area contributed by atoms with E-state index < -0.39 is 0 Å². The second kappa shape index (κ2) is 8.71. The monoisotopic (exact) mass is 421 g/mol. The molecule has 0 radical (unpaired) electrons. The second-order valence-electron chi connectivity index (χ2n) is 7.71. The molecule has 0 aliphatic carbocycles. The summed E-state index contributed by atoms with van der Waals surface area (Å²) in [5, 5.41) is 3.17. The number of benzene rings is 2. The molecule has 2 amide bonds. The van der Waals surface area contributed by atoms with Crippen LogP contribution in [0.5, 0.6) is 11.5 Å². The average Bonchev–Trinajstić information content (AvgIpc) is 3.03. The topological polar surface area (TPSA) is 71.1 Å². The summed E-state index contributed by atoms with van der Waals surface area (Å²) in [6.07, 6.45) is 3.71. The van der Waals surface area contributed by atoms with Crippen LogP contribution in [-0.4, -0.2) is 51.1 Å². The fourth-order valence-corrected chi connectivity index (χ4v) is 4.07. The Kier molecular flexibility index (Phi) is 5.84. The van der Waals surface area contributed by atoms with Crippen LogP contribution in [0.4, 0.5) is 11.4 Å². The zero-order valence-corrected chi connectivity index (χ0v) is 18.1. The van der Waals surface area contributed by atoms with Crippen LogP contribution in [0, 0.1) is 0 Å². The zero-order chi connectivity index (χ0) is 22.0. The third-order valence-corrected chi connectivity index (χ3v) is 5.82. The highest BCUT2D eigenvalue weighted by atomic mass is 16.5. The molecule has 2 aliphatic heterocycles. The molecule has 2 heterocycles. The van der Waals surface area contributed by atoms with Crippen molar-refractivity contribution >= 4 is 28.8 Å². The number of hydrogen-bond donors (Lipinski definition) is 1. The maximum atomic E-state index is 12.9. The van der Waals surface area contributed by atoms with E-state index in [0.717, 1.165) is 23.7 Å². The number of amides is 2. The molecule has 2 aromatic rings. The molecule has 1 fully saturated rings. The molecule has 0 saturated carbocycles. The molecule has 0 spiro atoms. The van der Waals surface area contributed by atoms with E-state index in [1.165, 1.54) is 39.1 Å². The van der Waals surface area contributed by atoms with Crippen molar-refractivity contribution in [1.29, 1.82) is 0 Å². The first-order valence-electron chi connectivity index (χ1n) is 10.4. The number of hydrogen-bond acceptors (Lipinski definition) is 6. The largest absolute Gasteiger partial charge is 0.493 e. The molecule has 1 N–H and O–H groups in total. The zero-order valence-electron chi connectivity index (χ0n) is 18.1. The number of carbonyl (C=O) groups excluding carboxylic acids is 2. The minimum Gasteiger partial charge on any atom is -0.493 e. The van der Waals surface area contributed by atoms with Crippen molar-refractivity contribution in [1.82, 2.24) is 4.90 Å². The van der Waals surface area contributed by atoms with E-state index in [9.17, 15) is 9.59 Å². The van der Waals surface area contributed by atoms with E-state index in [1.807, 2.05) is 12.1 Å². The highest BCUT2D eigenvalue weighted by molar-refractivity contribution is 6.36. The lowest BCUT2D eigenvalue weighted by atomic mass is 10.0. The Morgan fingerprint density at radius 2 is 1.52 bits per heavy atom. The van der Waals surface area contributed by atoms with Gasteiger partial charge in [0.15, 0.2) is 11.5 Å². The predicted octanol–water partition coefficient (Wildman–Crippen LogP) is 3.52. The minimum absolute atomic E-state index is 0.255. The second-order valence-corrected chi connectivity index (χ2v) is 7.71. The normalized spacial score (nSPS) is 16.7. The van der Waals surface area contributed by atoms with Crippen molar-refractivity contribution in [3.05, 3.63) is 53.7 Å². The number of carbonyl (C=O) groups is 2. The molecule has 7 nitrogen and oxygen atoms in total. The molecule has 2 aromatic carbocycles. The molecule has 4 rings (SSSR count). The fourth-order valence-electron chi connectivity index (χ4n) is 4.07. The molecular weight excluding hydrogens is 394 g/mol. The number of nitrogens with one attached hydrogen (secondary N) is 1. The van der Waals surface area contributed by atoms with Gasteiger partial charge in [-0.25, -0.2) is 0 Å². The lowest BCUT2D eigenvalue weighted by Crippen LogP contribution is -2.29. The van der Waals surface area contributed by atoms with Crippen molar-refractivity contribution in [2.24, 2.45) is 0 Å². The van der Waals surface area contributed by atoms with Crippen molar-refractivity contribution in [2.45, 2.75) is 19.3 Å². The van der Waals surface area contributed by atoms with Crippen LogP contribution in [-0.2, 0) is 9.59 Å². The van der Waals surface area contributed by atoms with Gasteiger partial charge in [0, 0.05) is 31.5 Å². The van der Waals surface area contributed by atoms with Gasteiger partial charge in [0.1, 0.15) is 5.70 Å². The molecule has 2 aliphatic rings. The average molecular weight is 421 g/mol. The van der Waals surface area contributed by atoms with Gasteiger partial charge in [-0.15, -0.1) is 0 Å². The third-order valence-electron chi connectivity index (χ3n) is 5.82. The minimum atomic E-state index is -0.366. The molecular formula is C24H27N3O4. The van der Waals surface area contributed by atoms with Gasteiger partial charge in [-0.1, -0.05) is 6.07 Å². The Bertz CT molecular complexity index is 1020. The van der Waals surface area contributed by atoms with Crippen LogP contribution in [0.3, 0.4) is 0 Å². The van der Waals surface area contributed by atoms with Gasteiger partial charge in [-0.05, 0) is 61.2 Å². The maximum Gasteiger partial charge on any atom is 0.277 e. The number of nitrogens with zero attached hydrogens (tertiary/aromatic N) is 2. The standard InChI is InChI=1S/C24H27N3O4/c1-26-23(28)21(16-7-12-19(30-2)20(15-16)31-3)22(24(26)29)25-17-8-10-18(11-9-17)27-13-5-4-6-14-27/h7-12,15,25H,4-6,13-14H2,1-3H3. The molecule has 162 valence electrons. The van der Waals surface area contributed by atoms with Crippen molar-refractivity contribution in [3.8, 4) is 11.5 Å². The van der Waals surface area contributed by atoms with E-state index >= 15 is 0 Å². The van der Waals surface area contributed by atoms with Crippen molar-refractivity contribution < 1.29 is 19.1 Å². The van der Waals surface area contributed by atoms with Crippen LogP contribution in [0.2, 0.25) is 0 Å². The van der Waals surface area contributed by atoms with Crippen LogP contribution < -0.4 is 19.7 Å². The number of anilines is 2. The summed E-state index contributed by atoms with van der Waals surface area (Å²) in [7, 11) is 4.57. The first-order chi connectivity index (χ1) is 15.0. The summed E-state index contributed by atoms with van der Waals surface area (Å²) < 4.78 is 10.7. The van der Waals surface area contributed by atoms with E-state index in [1.54, 1.807) is 25.3 Å². The van der Waals surface area contributed by atoms with Gasteiger partial charge >= 0.3 is 0 Å². The SMILES string of the molecule is COc1ccc(C2=C(Nc3ccc(N4CCCCC4)cc3)C(=O)N(C)C2=O)cc1OC.